The molecule has 0 saturated carbocycles. The van der Waals surface area contributed by atoms with Gasteiger partial charge in [0.25, 0.3) is 0 Å². The van der Waals surface area contributed by atoms with Crippen molar-refractivity contribution in [1.29, 1.82) is 0 Å². The van der Waals surface area contributed by atoms with E-state index in [1.807, 2.05) is 25.1 Å². The molecule has 144 valence electrons. The monoisotopic (exact) mass is 495 g/mol. The second kappa shape index (κ2) is 10.5. The summed E-state index contributed by atoms with van der Waals surface area (Å²) in [7, 11) is 4.03. The van der Waals surface area contributed by atoms with Crippen molar-refractivity contribution in [1.82, 2.24) is 15.6 Å². The van der Waals surface area contributed by atoms with Gasteiger partial charge in [-0.3, -0.25) is 0 Å². The number of para-hydroxylation sites is 1. The normalized spacial score (nSPS) is 11.1. The molecule has 0 fully saturated rings. The summed E-state index contributed by atoms with van der Waals surface area (Å²) in [5, 5.41) is 12.1. The molecule has 2 N–H and O–H groups in total. The summed E-state index contributed by atoms with van der Waals surface area (Å²) >= 11 is 1.70. The number of nitrogens with one attached hydrogen (secondary N) is 2. The van der Waals surface area contributed by atoms with Gasteiger partial charge in [0, 0.05) is 32.6 Å². The number of hydrogen-bond donors (Lipinski definition) is 2. The summed E-state index contributed by atoms with van der Waals surface area (Å²) in [5.74, 6) is 1.78. The van der Waals surface area contributed by atoms with Crippen molar-refractivity contribution in [3.05, 3.63) is 58.3 Å². The minimum absolute atomic E-state index is 0. The second-order valence-corrected chi connectivity index (χ2v) is 7.01. The summed E-state index contributed by atoms with van der Waals surface area (Å²) in [5.41, 5.74) is 3.45. The van der Waals surface area contributed by atoms with E-state index in [0.717, 1.165) is 23.8 Å². The number of hydrogen-bond acceptors (Lipinski definition) is 4. The van der Waals surface area contributed by atoms with E-state index >= 15 is 0 Å². The van der Waals surface area contributed by atoms with Crippen LogP contribution < -0.4 is 15.5 Å². The first-order valence-electron chi connectivity index (χ1n) is 8.76. The molecule has 5 nitrogen and oxygen atoms in total. The Morgan fingerprint density at radius 3 is 2.70 bits per heavy atom. The third-order valence-electron chi connectivity index (χ3n) is 4.04. The van der Waals surface area contributed by atoms with Gasteiger partial charge in [-0.15, -0.1) is 24.0 Å². The lowest BCUT2D eigenvalue weighted by atomic mass is 10.1. The predicted molar refractivity (Wildman–Crippen MR) is 127 cm³/mol. The Kier molecular flexibility index (Phi) is 8.30. The van der Waals surface area contributed by atoms with Crippen molar-refractivity contribution < 1.29 is 0 Å². The van der Waals surface area contributed by atoms with Crippen molar-refractivity contribution in [2.24, 2.45) is 4.99 Å². The Hall–Kier alpha value is -1.87. The van der Waals surface area contributed by atoms with Crippen LogP contribution in [-0.2, 0) is 13.1 Å². The Morgan fingerprint density at radius 2 is 2.00 bits per heavy atom. The van der Waals surface area contributed by atoms with Crippen LogP contribution in [0.25, 0.3) is 10.9 Å². The van der Waals surface area contributed by atoms with Gasteiger partial charge in [-0.2, -0.15) is 11.3 Å². The molecule has 0 radical (unpaired) electrons. The molecule has 1 aromatic carbocycles. The number of nitrogens with zero attached hydrogens (tertiary/aromatic N) is 3. The highest BCUT2D eigenvalue weighted by Crippen LogP contribution is 2.22. The van der Waals surface area contributed by atoms with Gasteiger partial charge < -0.3 is 15.5 Å². The smallest absolute Gasteiger partial charge is 0.191 e. The predicted octanol–water partition coefficient (Wildman–Crippen LogP) is 4.24. The van der Waals surface area contributed by atoms with Gasteiger partial charge in [-0.1, -0.05) is 18.2 Å². The standard InChI is InChI=1S/C20H25N5S.HI/c1-4-21-20(22-12-15-9-10-26-14-15)23-13-16-11-19(25(2)3)24-18-8-6-5-7-17(16)18;/h5-11,14H,4,12-13H2,1-3H3,(H2,21,22,23);1H. The van der Waals surface area contributed by atoms with E-state index in [2.05, 4.69) is 63.6 Å². The average Bonchev–Trinajstić information content (AvgIpc) is 3.17. The van der Waals surface area contributed by atoms with Crippen molar-refractivity contribution in [3.8, 4) is 0 Å². The quantitative estimate of drug-likeness (QED) is 0.305. The molecule has 2 heterocycles. The fourth-order valence-corrected chi connectivity index (χ4v) is 3.34. The number of halogens is 1. The van der Waals surface area contributed by atoms with Gasteiger partial charge in [0.05, 0.1) is 12.1 Å². The number of aliphatic imine (C=N–C) groups is 1. The molecule has 0 aliphatic rings. The third-order valence-corrected chi connectivity index (χ3v) is 4.77. The van der Waals surface area contributed by atoms with Crippen molar-refractivity contribution in [2.45, 2.75) is 20.0 Å². The Balaban J connectivity index is 0.00000261. The van der Waals surface area contributed by atoms with Crippen LogP contribution in [0, 0.1) is 0 Å². The number of anilines is 1. The maximum absolute atomic E-state index is 4.72. The summed E-state index contributed by atoms with van der Waals surface area (Å²) in [6, 6.07) is 12.5. The van der Waals surface area contributed by atoms with E-state index in [-0.39, 0.29) is 24.0 Å². The SMILES string of the molecule is CCNC(=NCc1ccsc1)NCc1cc(N(C)C)nc2ccccc12.I. The fraction of sp³-hybridized carbons (Fsp3) is 0.300. The molecule has 0 aliphatic heterocycles. The molecule has 7 heteroatoms. The van der Waals surface area contributed by atoms with E-state index < -0.39 is 0 Å². The molecule has 27 heavy (non-hydrogen) atoms. The minimum atomic E-state index is 0. The number of benzene rings is 1. The van der Waals surface area contributed by atoms with Crippen LogP contribution in [-0.4, -0.2) is 31.6 Å². The second-order valence-electron chi connectivity index (χ2n) is 6.23. The van der Waals surface area contributed by atoms with Crippen LogP contribution in [0.2, 0.25) is 0 Å². The molecule has 3 rings (SSSR count). The number of thiophene rings is 1. The number of pyridine rings is 1. The first-order chi connectivity index (χ1) is 12.7. The number of guanidine groups is 1. The van der Waals surface area contributed by atoms with E-state index in [4.69, 9.17) is 4.98 Å². The van der Waals surface area contributed by atoms with Crippen LogP contribution in [0.3, 0.4) is 0 Å². The molecule has 2 aromatic heterocycles. The van der Waals surface area contributed by atoms with Crippen LogP contribution in [0.4, 0.5) is 5.82 Å². The lowest BCUT2D eigenvalue weighted by molar-refractivity contribution is 0.818. The maximum Gasteiger partial charge on any atom is 0.191 e. The van der Waals surface area contributed by atoms with E-state index in [9.17, 15) is 0 Å². The van der Waals surface area contributed by atoms with Crippen LogP contribution in [0.1, 0.15) is 18.1 Å². The summed E-state index contributed by atoms with van der Waals surface area (Å²) < 4.78 is 0. The van der Waals surface area contributed by atoms with Gasteiger partial charge in [0.15, 0.2) is 5.96 Å². The van der Waals surface area contributed by atoms with Crippen LogP contribution in [0.5, 0.6) is 0 Å². The highest BCUT2D eigenvalue weighted by molar-refractivity contribution is 14.0. The Morgan fingerprint density at radius 1 is 1.19 bits per heavy atom. The first kappa shape index (κ1) is 21.4. The van der Waals surface area contributed by atoms with Gasteiger partial charge in [-0.25, -0.2) is 9.98 Å². The third kappa shape index (κ3) is 5.80. The van der Waals surface area contributed by atoms with E-state index in [1.54, 1.807) is 11.3 Å². The molecule has 0 atom stereocenters. The van der Waals surface area contributed by atoms with Gasteiger partial charge in [-0.05, 0) is 47.0 Å². The fourth-order valence-electron chi connectivity index (χ4n) is 2.68. The van der Waals surface area contributed by atoms with E-state index in [1.165, 1.54) is 16.5 Å². The summed E-state index contributed by atoms with van der Waals surface area (Å²) in [6.07, 6.45) is 0. The minimum Gasteiger partial charge on any atom is -0.363 e. The summed E-state index contributed by atoms with van der Waals surface area (Å²) in [4.78, 5) is 11.4. The highest BCUT2D eigenvalue weighted by atomic mass is 127. The largest absolute Gasteiger partial charge is 0.363 e. The first-order valence-corrected chi connectivity index (χ1v) is 9.71. The summed E-state index contributed by atoms with van der Waals surface area (Å²) in [6.45, 7) is 4.28. The maximum atomic E-state index is 4.72. The molecule has 0 unspecified atom stereocenters. The van der Waals surface area contributed by atoms with Crippen LogP contribution >= 0.6 is 35.3 Å². The molecule has 0 amide bonds. The average molecular weight is 495 g/mol. The molecule has 0 aliphatic carbocycles. The van der Waals surface area contributed by atoms with Crippen molar-refractivity contribution in [3.63, 3.8) is 0 Å². The van der Waals surface area contributed by atoms with Crippen molar-refractivity contribution >= 4 is 58.0 Å². The zero-order chi connectivity index (χ0) is 18.4. The van der Waals surface area contributed by atoms with Gasteiger partial charge >= 0.3 is 0 Å². The number of fused-ring (bicyclic) bond motifs is 1. The highest BCUT2D eigenvalue weighted by Gasteiger charge is 2.08. The Labute approximate surface area is 181 Å². The molecule has 0 saturated heterocycles. The number of rotatable bonds is 6. The molecule has 3 aromatic rings. The van der Waals surface area contributed by atoms with Gasteiger partial charge in [0.1, 0.15) is 5.82 Å². The van der Waals surface area contributed by atoms with Gasteiger partial charge in [0.2, 0.25) is 0 Å². The molecule has 0 spiro atoms. The lowest BCUT2D eigenvalue weighted by Gasteiger charge is -2.16. The molecule has 0 bridgehead atoms. The molecular weight excluding hydrogens is 469 g/mol. The zero-order valence-electron chi connectivity index (χ0n) is 15.9. The van der Waals surface area contributed by atoms with Crippen molar-refractivity contribution in [2.75, 3.05) is 25.5 Å². The molecular formula is C20H26IN5S. The Bertz CT molecular complexity index is 877. The zero-order valence-corrected chi connectivity index (χ0v) is 19.0. The topological polar surface area (TPSA) is 52.6 Å². The number of aromatic nitrogens is 1. The lowest BCUT2D eigenvalue weighted by Crippen LogP contribution is -2.36. The van der Waals surface area contributed by atoms with Crippen LogP contribution in [0.15, 0.2) is 52.2 Å². The van der Waals surface area contributed by atoms with E-state index in [0.29, 0.717) is 13.1 Å².